The van der Waals surface area contributed by atoms with Crippen LogP contribution in [0.5, 0.6) is 5.75 Å². The molecular formula is C18H14N4O. The summed E-state index contributed by atoms with van der Waals surface area (Å²) >= 11 is 0. The van der Waals surface area contributed by atoms with Crippen molar-refractivity contribution in [1.82, 2.24) is 14.8 Å². The zero-order valence-corrected chi connectivity index (χ0v) is 12.3. The maximum absolute atomic E-state index is 9.93. The lowest BCUT2D eigenvalue weighted by Crippen LogP contribution is -2.00. The van der Waals surface area contributed by atoms with E-state index in [0.29, 0.717) is 17.2 Å². The molecule has 0 saturated carbocycles. The van der Waals surface area contributed by atoms with Crippen LogP contribution < -0.4 is 0 Å². The summed E-state index contributed by atoms with van der Waals surface area (Å²) in [5.74, 6) is 1.07. The molecule has 0 aliphatic carbocycles. The van der Waals surface area contributed by atoms with Crippen LogP contribution in [-0.4, -0.2) is 19.9 Å². The van der Waals surface area contributed by atoms with Gasteiger partial charge in [-0.15, -0.1) is 5.10 Å². The van der Waals surface area contributed by atoms with E-state index in [1.54, 1.807) is 24.3 Å². The van der Waals surface area contributed by atoms with Crippen LogP contribution in [0.3, 0.4) is 0 Å². The molecule has 0 aliphatic heterocycles. The average molecular weight is 302 g/mol. The van der Waals surface area contributed by atoms with Crippen LogP contribution in [-0.2, 0) is 6.54 Å². The zero-order chi connectivity index (χ0) is 16.1. The highest BCUT2D eigenvalue weighted by atomic mass is 16.3. The Hall–Kier alpha value is -3.39. The number of phenols is 1. The van der Waals surface area contributed by atoms with Crippen LogP contribution in [0.4, 0.5) is 0 Å². The number of aromatic nitrogens is 3. The van der Waals surface area contributed by atoms with E-state index in [1.807, 2.05) is 42.5 Å². The largest absolute Gasteiger partial charge is 0.507 e. The van der Waals surface area contributed by atoms with Gasteiger partial charge in [-0.3, -0.25) is 0 Å². The standard InChI is InChI=1S/C18H14N4O/c19-12-13-22-17(11-10-14-6-2-1-3-7-14)20-18(21-22)15-8-4-5-9-16(15)23/h1-11,23H,13H2. The predicted octanol–water partition coefficient (Wildman–Crippen LogP) is 3.34. The second-order valence-corrected chi connectivity index (χ2v) is 4.87. The molecule has 0 bridgehead atoms. The van der Waals surface area contributed by atoms with Crippen molar-refractivity contribution in [3.05, 3.63) is 66.0 Å². The van der Waals surface area contributed by atoms with Gasteiger partial charge in [0.15, 0.2) is 11.6 Å². The number of benzene rings is 2. The minimum Gasteiger partial charge on any atom is -0.507 e. The van der Waals surface area contributed by atoms with Crippen LogP contribution in [0.2, 0.25) is 0 Å². The Morgan fingerprint density at radius 2 is 1.78 bits per heavy atom. The summed E-state index contributed by atoms with van der Waals surface area (Å²) in [6.07, 6.45) is 3.72. The first-order valence-electron chi connectivity index (χ1n) is 7.11. The number of para-hydroxylation sites is 1. The fourth-order valence-electron chi connectivity index (χ4n) is 2.17. The van der Waals surface area contributed by atoms with E-state index in [1.165, 1.54) is 4.68 Å². The molecule has 112 valence electrons. The summed E-state index contributed by atoms with van der Waals surface area (Å²) in [4.78, 5) is 4.43. The Labute approximate surface area is 133 Å². The number of hydrogen-bond acceptors (Lipinski definition) is 4. The summed E-state index contributed by atoms with van der Waals surface area (Å²) in [6.45, 7) is 0.0923. The third kappa shape index (κ3) is 3.27. The lowest BCUT2D eigenvalue weighted by atomic mass is 10.2. The molecule has 5 nitrogen and oxygen atoms in total. The van der Waals surface area contributed by atoms with Crippen LogP contribution in [0.1, 0.15) is 11.4 Å². The third-order valence-electron chi connectivity index (χ3n) is 3.29. The Bertz CT molecular complexity index is 876. The van der Waals surface area contributed by atoms with E-state index in [9.17, 15) is 5.11 Å². The van der Waals surface area contributed by atoms with E-state index in [2.05, 4.69) is 16.2 Å². The van der Waals surface area contributed by atoms with Crippen LogP contribution in [0.25, 0.3) is 23.5 Å². The van der Waals surface area contributed by atoms with E-state index in [-0.39, 0.29) is 12.3 Å². The molecule has 2 aromatic carbocycles. The first-order valence-corrected chi connectivity index (χ1v) is 7.11. The summed E-state index contributed by atoms with van der Waals surface area (Å²) in [6, 6.07) is 18.7. The minimum absolute atomic E-state index is 0.0923. The summed E-state index contributed by atoms with van der Waals surface area (Å²) in [5.41, 5.74) is 1.57. The molecule has 1 aromatic heterocycles. The van der Waals surface area contributed by atoms with Gasteiger partial charge in [-0.25, -0.2) is 9.67 Å². The van der Waals surface area contributed by atoms with Crippen molar-refractivity contribution < 1.29 is 5.11 Å². The Balaban J connectivity index is 1.98. The van der Waals surface area contributed by atoms with Gasteiger partial charge >= 0.3 is 0 Å². The van der Waals surface area contributed by atoms with Gasteiger partial charge in [-0.2, -0.15) is 5.26 Å². The average Bonchev–Trinajstić information content (AvgIpc) is 2.97. The monoisotopic (exact) mass is 302 g/mol. The van der Waals surface area contributed by atoms with Gasteiger partial charge in [0.2, 0.25) is 0 Å². The lowest BCUT2D eigenvalue weighted by Gasteiger charge is -1.97. The number of rotatable bonds is 4. The topological polar surface area (TPSA) is 74.7 Å². The van der Waals surface area contributed by atoms with Gasteiger partial charge < -0.3 is 5.11 Å². The Morgan fingerprint density at radius 1 is 1.04 bits per heavy atom. The number of nitriles is 1. The van der Waals surface area contributed by atoms with E-state index >= 15 is 0 Å². The maximum Gasteiger partial charge on any atom is 0.185 e. The maximum atomic E-state index is 9.93. The molecular weight excluding hydrogens is 288 g/mol. The molecule has 0 aliphatic rings. The van der Waals surface area contributed by atoms with E-state index in [4.69, 9.17) is 5.26 Å². The quantitative estimate of drug-likeness (QED) is 0.802. The van der Waals surface area contributed by atoms with Crippen molar-refractivity contribution in [2.75, 3.05) is 0 Å². The number of phenolic OH excluding ortho intramolecular Hbond substituents is 1. The minimum atomic E-state index is 0.0923. The number of aromatic hydroxyl groups is 1. The van der Waals surface area contributed by atoms with E-state index < -0.39 is 0 Å². The molecule has 23 heavy (non-hydrogen) atoms. The van der Waals surface area contributed by atoms with Crippen molar-refractivity contribution in [2.45, 2.75) is 6.54 Å². The first-order chi connectivity index (χ1) is 11.3. The Morgan fingerprint density at radius 3 is 2.52 bits per heavy atom. The smallest absolute Gasteiger partial charge is 0.185 e. The van der Waals surface area contributed by atoms with Gasteiger partial charge in [0.1, 0.15) is 12.3 Å². The molecule has 0 saturated heterocycles. The highest BCUT2D eigenvalue weighted by Crippen LogP contribution is 2.26. The highest BCUT2D eigenvalue weighted by molar-refractivity contribution is 5.69. The van der Waals surface area contributed by atoms with E-state index in [0.717, 1.165) is 5.56 Å². The normalized spacial score (nSPS) is 10.7. The lowest BCUT2D eigenvalue weighted by molar-refractivity contribution is 0.477. The highest BCUT2D eigenvalue weighted by Gasteiger charge is 2.12. The molecule has 3 rings (SSSR count). The van der Waals surface area contributed by atoms with Gasteiger partial charge in [0.25, 0.3) is 0 Å². The second-order valence-electron chi connectivity index (χ2n) is 4.87. The van der Waals surface area contributed by atoms with Gasteiger partial charge in [-0.05, 0) is 23.8 Å². The molecule has 0 fully saturated rings. The Kier molecular flexibility index (Phi) is 4.16. The van der Waals surface area contributed by atoms with Gasteiger partial charge in [0, 0.05) is 0 Å². The molecule has 1 heterocycles. The fraction of sp³-hybridized carbons (Fsp3) is 0.0556. The predicted molar refractivity (Wildman–Crippen MR) is 88.1 cm³/mol. The summed E-state index contributed by atoms with van der Waals surface area (Å²) in [5, 5.41) is 23.2. The second kappa shape index (κ2) is 6.58. The fourth-order valence-corrected chi connectivity index (χ4v) is 2.17. The number of hydrogen-bond donors (Lipinski definition) is 1. The summed E-state index contributed by atoms with van der Waals surface area (Å²) < 4.78 is 1.52. The van der Waals surface area contributed by atoms with Crippen molar-refractivity contribution in [3.63, 3.8) is 0 Å². The third-order valence-corrected chi connectivity index (χ3v) is 3.29. The molecule has 0 unspecified atom stereocenters. The molecule has 0 spiro atoms. The van der Waals surface area contributed by atoms with Crippen molar-refractivity contribution >= 4 is 12.2 Å². The SMILES string of the molecule is N#CCn1nc(-c2ccccc2O)nc1C=Cc1ccccc1. The molecule has 0 amide bonds. The molecule has 1 N–H and O–H groups in total. The molecule has 0 atom stereocenters. The van der Waals surface area contributed by atoms with Crippen LogP contribution in [0.15, 0.2) is 54.6 Å². The number of nitrogens with zero attached hydrogens (tertiary/aromatic N) is 4. The molecule has 3 aromatic rings. The zero-order valence-electron chi connectivity index (χ0n) is 12.3. The van der Waals surface area contributed by atoms with Gasteiger partial charge in [-0.1, -0.05) is 48.5 Å². The van der Waals surface area contributed by atoms with Crippen molar-refractivity contribution in [3.8, 4) is 23.2 Å². The summed E-state index contributed by atoms with van der Waals surface area (Å²) in [7, 11) is 0. The van der Waals surface area contributed by atoms with Crippen molar-refractivity contribution in [1.29, 1.82) is 5.26 Å². The van der Waals surface area contributed by atoms with Crippen molar-refractivity contribution in [2.24, 2.45) is 0 Å². The van der Waals surface area contributed by atoms with Crippen LogP contribution in [0, 0.1) is 11.3 Å². The van der Waals surface area contributed by atoms with Gasteiger partial charge in [0.05, 0.1) is 11.6 Å². The van der Waals surface area contributed by atoms with Crippen LogP contribution >= 0.6 is 0 Å². The first kappa shape index (κ1) is 14.5. The molecule has 0 radical (unpaired) electrons. The molecule has 5 heteroatoms.